The van der Waals surface area contributed by atoms with Gasteiger partial charge in [0.15, 0.2) is 11.5 Å². The second kappa shape index (κ2) is 6.61. The van der Waals surface area contributed by atoms with Crippen LogP contribution in [0, 0.1) is 0 Å². The van der Waals surface area contributed by atoms with E-state index in [1.54, 1.807) is 7.11 Å². The molecule has 0 spiro atoms. The summed E-state index contributed by atoms with van der Waals surface area (Å²) in [6.07, 6.45) is 0. The van der Waals surface area contributed by atoms with Gasteiger partial charge in [-0.25, -0.2) is 0 Å². The molecule has 0 saturated heterocycles. The first-order chi connectivity index (χ1) is 9.06. The average Bonchev–Trinajstić information content (AvgIpc) is 2.44. The van der Waals surface area contributed by atoms with E-state index in [2.05, 4.69) is 63.7 Å². The van der Waals surface area contributed by atoms with E-state index in [-0.39, 0.29) is 0 Å². The highest BCUT2D eigenvalue weighted by Crippen LogP contribution is 2.51. The molecule has 6 heteroatoms. The van der Waals surface area contributed by atoms with Crippen LogP contribution in [0.4, 0.5) is 0 Å². The third kappa shape index (κ3) is 3.17. The van der Waals surface area contributed by atoms with Crippen LogP contribution in [0.2, 0.25) is 0 Å². The van der Waals surface area contributed by atoms with Crippen LogP contribution < -0.4 is 9.47 Å². The molecule has 0 amide bonds. The summed E-state index contributed by atoms with van der Waals surface area (Å²) in [5.74, 6) is 1.96. The zero-order valence-corrected chi connectivity index (χ0v) is 16.1. The zero-order chi connectivity index (χ0) is 14.0. The van der Waals surface area contributed by atoms with Gasteiger partial charge in [0.2, 0.25) is 0 Å². The van der Waals surface area contributed by atoms with Crippen molar-refractivity contribution in [2.24, 2.45) is 0 Å². The van der Waals surface area contributed by atoms with Crippen molar-refractivity contribution in [3.63, 3.8) is 0 Å². The van der Waals surface area contributed by atoms with Crippen LogP contribution in [0.25, 0.3) is 0 Å². The van der Waals surface area contributed by atoms with Crippen LogP contribution in [0.3, 0.4) is 0 Å². The highest BCUT2D eigenvalue weighted by molar-refractivity contribution is 9.15. The van der Waals surface area contributed by atoms with E-state index < -0.39 is 0 Å². The molecule has 0 heterocycles. The summed E-state index contributed by atoms with van der Waals surface area (Å²) in [5, 5.41) is 0. The number of benzene rings is 2. The van der Waals surface area contributed by atoms with Gasteiger partial charge in [0, 0.05) is 0 Å². The molecule has 2 nitrogen and oxygen atoms in total. The van der Waals surface area contributed by atoms with E-state index in [4.69, 9.17) is 9.47 Å². The number of halogens is 4. The van der Waals surface area contributed by atoms with Crippen LogP contribution in [-0.4, -0.2) is 7.11 Å². The smallest absolute Gasteiger partial charge is 0.185 e. The molecular formula is C13H8Br4O2. The van der Waals surface area contributed by atoms with E-state index >= 15 is 0 Å². The summed E-state index contributed by atoms with van der Waals surface area (Å²) in [6, 6.07) is 9.54. The van der Waals surface area contributed by atoms with Gasteiger partial charge in [-0.15, -0.1) is 0 Å². The molecule has 0 atom stereocenters. The summed E-state index contributed by atoms with van der Waals surface area (Å²) in [6.45, 7) is 0. The van der Waals surface area contributed by atoms with Gasteiger partial charge in [-0.3, -0.25) is 0 Å². The molecule has 0 N–H and O–H groups in total. The summed E-state index contributed by atoms with van der Waals surface area (Å²) < 4.78 is 14.6. The second-order valence-corrected chi connectivity index (χ2v) is 6.71. The van der Waals surface area contributed by atoms with Crippen LogP contribution in [0.1, 0.15) is 0 Å². The van der Waals surface area contributed by atoms with Crippen molar-refractivity contribution >= 4 is 63.7 Å². The Balaban J connectivity index is 2.56. The van der Waals surface area contributed by atoms with Crippen LogP contribution in [0.15, 0.2) is 48.2 Å². The molecular weight excluding hydrogens is 508 g/mol. The number of hydrogen-bond acceptors (Lipinski definition) is 2. The Kier molecular flexibility index (Phi) is 5.34. The number of para-hydroxylation sites is 1. The fourth-order valence-corrected chi connectivity index (χ4v) is 3.76. The lowest BCUT2D eigenvalue weighted by Crippen LogP contribution is -1.94. The van der Waals surface area contributed by atoms with Gasteiger partial charge in [-0.1, -0.05) is 18.2 Å². The maximum Gasteiger partial charge on any atom is 0.185 e. The topological polar surface area (TPSA) is 18.5 Å². The lowest BCUT2D eigenvalue weighted by Gasteiger charge is -2.16. The van der Waals surface area contributed by atoms with Gasteiger partial charge in [-0.2, -0.15) is 0 Å². The monoisotopic (exact) mass is 512 g/mol. The SMILES string of the molecule is COc1c(Br)c(Br)c(Br)c(Br)c1Oc1ccccc1. The van der Waals surface area contributed by atoms with Crippen LogP contribution >= 0.6 is 63.7 Å². The van der Waals surface area contributed by atoms with Gasteiger partial charge in [0.25, 0.3) is 0 Å². The largest absolute Gasteiger partial charge is 0.492 e. The minimum Gasteiger partial charge on any atom is -0.492 e. The third-order valence-electron chi connectivity index (χ3n) is 2.35. The number of methoxy groups -OCH3 is 1. The summed E-state index contributed by atoms with van der Waals surface area (Å²) in [5.41, 5.74) is 0. The predicted octanol–water partition coefficient (Wildman–Crippen LogP) is 6.54. The van der Waals surface area contributed by atoms with E-state index in [0.29, 0.717) is 11.5 Å². The Labute approximate surface area is 145 Å². The fraction of sp³-hybridized carbons (Fsp3) is 0.0769. The van der Waals surface area contributed by atoms with Gasteiger partial charge in [0.05, 0.1) is 25.0 Å². The molecule has 100 valence electrons. The molecule has 0 aliphatic carbocycles. The molecule has 0 unspecified atom stereocenters. The first-order valence-electron chi connectivity index (χ1n) is 5.19. The van der Waals surface area contributed by atoms with Gasteiger partial charge < -0.3 is 9.47 Å². The first kappa shape index (κ1) is 15.4. The van der Waals surface area contributed by atoms with Crippen molar-refractivity contribution in [1.82, 2.24) is 0 Å². The van der Waals surface area contributed by atoms with Crippen molar-refractivity contribution in [3.05, 3.63) is 48.2 Å². The molecule has 19 heavy (non-hydrogen) atoms. The normalized spacial score (nSPS) is 10.4. The molecule has 0 aromatic heterocycles. The first-order valence-corrected chi connectivity index (χ1v) is 8.36. The molecule has 0 radical (unpaired) electrons. The molecule has 0 saturated carbocycles. The number of ether oxygens (including phenoxy) is 2. The van der Waals surface area contributed by atoms with Crippen molar-refractivity contribution in [1.29, 1.82) is 0 Å². The molecule has 2 aromatic carbocycles. The van der Waals surface area contributed by atoms with Crippen molar-refractivity contribution in [2.45, 2.75) is 0 Å². The molecule has 0 fully saturated rings. The highest BCUT2D eigenvalue weighted by atomic mass is 79.9. The summed E-state index contributed by atoms with van der Waals surface area (Å²) in [4.78, 5) is 0. The Morgan fingerprint density at radius 3 is 1.79 bits per heavy atom. The Morgan fingerprint density at radius 2 is 1.26 bits per heavy atom. The minimum atomic E-state index is 0.607. The lowest BCUT2D eigenvalue weighted by molar-refractivity contribution is 0.374. The lowest BCUT2D eigenvalue weighted by atomic mass is 10.3. The quantitative estimate of drug-likeness (QED) is 0.341. The fourth-order valence-electron chi connectivity index (χ4n) is 1.47. The van der Waals surface area contributed by atoms with E-state index in [0.717, 1.165) is 23.6 Å². The van der Waals surface area contributed by atoms with E-state index in [9.17, 15) is 0 Å². The third-order valence-corrected chi connectivity index (χ3v) is 7.05. The maximum atomic E-state index is 5.90. The van der Waals surface area contributed by atoms with E-state index in [1.807, 2.05) is 30.3 Å². The maximum absolute atomic E-state index is 5.90. The van der Waals surface area contributed by atoms with Gasteiger partial charge in [0.1, 0.15) is 5.75 Å². The van der Waals surface area contributed by atoms with E-state index in [1.165, 1.54) is 0 Å². The molecule has 2 aromatic rings. The van der Waals surface area contributed by atoms with Crippen molar-refractivity contribution in [2.75, 3.05) is 7.11 Å². The number of hydrogen-bond donors (Lipinski definition) is 0. The Bertz CT molecular complexity index is 600. The second-order valence-electron chi connectivity index (χ2n) is 3.53. The summed E-state index contributed by atoms with van der Waals surface area (Å²) in [7, 11) is 1.60. The van der Waals surface area contributed by atoms with Crippen LogP contribution in [-0.2, 0) is 0 Å². The summed E-state index contributed by atoms with van der Waals surface area (Å²) >= 11 is 14.0. The average molecular weight is 516 g/mol. The molecule has 0 aliphatic rings. The Hall–Kier alpha value is -0.0400. The van der Waals surface area contributed by atoms with Gasteiger partial charge >= 0.3 is 0 Å². The number of rotatable bonds is 3. The molecule has 0 bridgehead atoms. The molecule has 0 aliphatic heterocycles. The standard InChI is InChI=1S/C13H8Br4O2/c1-18-12-10(16)8(14)9(15)11(17)13(12)19-7-5-3-2-4-6-7/h2-6H,1H3. The van der Waals surface area contributed by atoms with Crippen molar-refractivity contribution < 1.29 is 9.47 Å². The van der Waals surface area contributed by atoms with Gasteiger partial charge in [-0.05, 0) is 75.9 Å². The highest BCUT2D eigenvalue weighted by Gasteiger charge is 2.21. The molecule has 2 rings (SSSR count). The predicted molar refractivity (Wildman–Crippen MR) is 90.3 cm³/mol. The van der Waals surface area contributed by atoms with Crippen molar-refractivity contribution in [3.8, 4) is 17.2 Å². The minimum absolute atomic E-state index is 0.607. The zero-order valence-electron chi connectivity index (χ0n) is 9.72. The van der Waals surface area contributed by atoms with Crippen LogP contribution in [0.5, 0.6) is 17.2 Å². The Morgan fingerprint density at radius 1 is 0.737 bits per heavy atom.